The number of hydrogen-bond acceptors (Lipinski definition) is 8. The Morgan fingerprint density at radius 2 is 1.89 bits per heavy atom. The summed E-state index contributed by atoms with van der Waals surface area (Å²) in [5.41, 5.74) is 0. The van der Waals surface area contributed by atoms with E-state index >= 15 is 0 Å². The molecular formula is C9H15N3O7. The van der Waals surface area contributed by atoms with Crippen LogP contribution in [0.4, 0.5) is 5.82 Å². The van der Waals surface area contributed by atoms with Crippen LogP contribution in [0.2, 0.25) is 0 Å². The van der Waals surface area contributed by atoms with E-state index in [1.54, 1.807) is 0 Å². The van der Waals surface area contributed by atoms with Crippen LogP contribution in [0.1, 0.15) is 6.04 Å². The molecule has 0 unspecified atom stereocenters. The van der Waals surface area contributed by atoms with Crippen molar-refractivity contribution in [3.63, 3.8) is 0 Å². The Morgan fingerprint density at radius 1 is 1.26 bits per heavy atom. The van der Waals surface area contributed by atoms with Gasteiger partial charge in [0.15, 0.2) is 0 Å². The lowest BCUT2D eigenvalue weighted by atomic mass is 10.0. The predicted molar refractivity (Wildman–Crippen MR) is 60.1 cm³/mol. The van der Waals surface area contributed by atoms with Crippen LogP contribution >= 0.6 is 0 Å². The largest absolute Gasteiger partial charge is 0.394 e. The second-order valence-electron chi connectivity index (χ2n) is 3.92. The van der Waals surface area contributed by atoms with Crippen molar-refractivity contribution in [1.29, 1.82) is 0 Å². The summed E-state index contributed by atoms with van der Waals surface area (Å²) in [5, 5.41) is 56.8. The highest BCUT2D eigenvalue weighted by molar-refractivity contribution is 5.13. The van der Waals surface area contributed by atoms with E-state index in [4.69, 9.17) is 10.2 Å². The lowest BCUT2D eigenvalue weighted by molar-refractivity contribution is -0.389. The molecule has 10 nitrogen and oxygen atoms in total. The molecule has 5 N–H and O–H groups in total. The van der Waals surface area contributed by atoms with Gasteiger partial charge in [0, 0.05) is 0 Å². The Balaban J connectivity index is 2.89. The first-order valence-electron chi connectivity index (χ1n) is 5.36. The fourth-order valence-electron chi connectivity index (χ4n) is 1.54. The van der Waals surface area contributed by atoms with E-state index in [-0.39, 0.29) is 0 Å². The first-order valence-corrected chi connectivity index (χ1v) is 5.36. The number of rotatable bonds is 7. The molecule has 0 fully saturated rings. The van der Waals surface area contributed by atoms with Crippen molar-refractivity contribution in [2.24, 2.45) is 0 Å². The highest BCUT2D eigenvalue weighted by atomic mass is 16.6. The first kappa shape index (κ1) is 15.5. The number of nitro groups is 1. The summed E-state index contributed by atoms with van der Waals surface area (Å²) in [6.45, 7) is -1.43. The van der Waals surface area contributed by atoms with Crippen molar-refractivity contribution in [3.8, 4) is 0 Å². The van der Waals surface area contributed by atoms with Crippen molar-refractivity contribution in [2.45, 2.75) is 24.4 Å². The molecule has 0 saturated heterocycles. The second-order valence-corrected chi connectivity index (χ2v) is 3.92. The molecule has 0 saturated carbocycles. The second kappa shape index (κ2) is 6.54. The Labute approximate surface area is 107 Å². The van der Waals surface area contributed by atoms with Gasteiger partial charge < -0.3 is 40.2 Å². The van der Waals surface area contributed by atoms with Crippen molar-refractivity contribution >= 4 is 5.82 Å². The zero-order chi connectivity index (χ0) is 14.6. The maximum atomic E-state index is 10.5. The SMILES string of the molecule is O=[N+]([O-])c1cn([C@@H](CO)[C@@H](O)[C@H](O)[C@H](O)CO)cn1. The van der Waals surface area contributed by atoms with Gasteiger partial charge in [-0.25, -0.2) is 0 Å². The molecule has 19 heavy (non-hydrogen) atoms. The number of nitrogens with zero attached hydrogens (tertiary/aromatic N) is 3. The third-order valence-corrected chi connectivity index (χ3v) is 2.67. The summed E-state index contributed by atoms with van der Waals surface area (Å²) in [4.78, 5) is 13.2. The Hall–Kier alpha value is -1.59. The molecular weight excluding hydrogens is 262 g/mol. The molecule has 10 heteroatoms. The fourth-order valence-corrected chi connectivity index (χ4v) is 1.54. The molecule has 0 aliphatic heterocycles. The molecule has 1 aromatic heterocycles. The van der Waals surface area contributed by atoms with Gasteiger partial charge in [-0.05, 0) is 9.91 Å². The minimum absolute atomic E-state index is 0.483. The van der Waals surface area contributed by atoms with Crippen LogP contribution < -0.4 is 0 Å². The molecule has 4 atom stereocenters. The zero-order valence-electron chi connectivity index (χ0n) is 9.77. The van der Waals surface area contributed by atoms with E-state index in [0.717, 1.165) is 17.1 Å². The summed E-state index contributed by atoms with van der Waals surface area (Å²) in [6.07, 6.45) is -2.96. The fraction of sp³-hybridized carbons (Fsp3) is 0.667. The summed E-state index contributed by atoms with van der Waals surface area (Å²) in [5.74, 6) is -0.483. The smallest absolute Gasteiger partial charge is 0.381 e. The molecule has 108 valence electrons. The van der Waals surface area contributed by atoms with Gasteiger partial charge in [0.2, 0.25) is 6.33 Å². The van der Waals surface area contributed by atoms with E-state index in [1.165, 1.54) is 0 Å². The van der Waals surface area contributed by atoms with E-state index in [2.05, 4.69) is 4.98 Å². The molecule has 0 aromatic carbocycles. The minimum atomic E-state index is -1.72. The Morgan fingerprint density at radius 3 is 2.32 bits per heavy atom. The van der Waals surface area contributed by atoms with Crippen molar-refractivity contribution in [2.75, 3.05) is 13.2 Å². The standard InChI is InChI=1S/C9H15N3O7/c13-2-5(8(16)9(17)6(15)3-14)11-1-7(10-4-11)12(18)19/h1,4-6,8-9,13-17H,2-3H2/t5-,6+,8+,9+/m0/s1. The van der Waals surface area contributed by atoms with Crippen LogP contribution in [-0.2, 0) is 0 Å². The van der Waals surface area contributed by atoms with Gasteiger partial charge in [0.1, 0.15) is 24.5 Å². The Bertz CT molecular complexity index is 424. The average molecular weight is 277 g/mol. The summed E-state index contributed by atoms with van der Waals surface area (Å²) in [6, 6.07) is -1.14. The van der Waals surface area contributed by atoms with E-state index in [0.29, 0.717) is 0 Å². The topological polar surface area (TPSA) is 162 Å². The lowest BCUT2D eigenvalue weighted by Crippen LogP contribution is -2.45. The molecule has 1 aromatic rings. The van der Waals surface area contributed by atoms with Crippen LogP contribution in [0, 0.1) is 10.1 Å². The minimum Gasteiger partial charge on any atom is -0.394 e. The number of imidazole rings is 1. The zero-order valence-corrected chi connectivity index (χ0v) is 9.77. The quantitative estimate of drug-likeness (QED) is 0.267. The average Bonchev–Trinajstić information content (AvgIpc) is 2.87. The van der Waals surface area contributed by atoms with E-state index < -0.39 is 48.3 Å². The van der Waals surface area contributed by atoms with Crippen molar-refractivity contribution in [1.82, 2.24) is 9.55 Å². The first-order chi connectivity index (χ1) is 8.92. The van der Waals surface area contributed by atoms with Crippen LogP contribution in [0.25, 0.3) is 0 Å². The molecule has 0 aliphatic rings. The van der Waals surface area contributed by atoms with Crippen molar-refractivity contribution in [3.05, 3.63) is 22.6 Å². The van der Waals surface area contributed by atoms with Gasteiger partial charge in [-0.3, -0.25) is 0 Å². The van der Waals surface area contributed by atoms with Crippen LogP contribution in [0.3, 0.4) is 0 Å². The van der Waals surface area contributed by atoms with E-state index in [1.807, 2.05) is 0 Å². The monoisotopic (exact) mass is 277 g/mol. The molecule has 0 amide bonds. The maximum absolute atomic E-state index is 10.5. The van der Waals surface area contributed by atoms with Crippen LogP contribution in [0.5, 0.6) is 0 Å². The molecule has 0 bridgehead atoms. The third-order valence-electron chi connectivity index (χ3n) is 2.67. The molecule has 0 spiro atoms. The van der Waals surface area contributed by atoms with Gasteiger partial charge in [-0.2, -0.15) is 0 Å². The molecule has 1 rings (SSSR count). The highest BCUT2D eigenvalue weighted by Crippen LogP contribution is 2.19. The summed E-state index contributed by atoms with van der Waals surface area (Å²) in [7, 11) is 0. The van der Waals surface area contributed by atoms with Crippen LogP contribution in [0.15, 0.2) is 12.5 Å². The highest BCUT2D eigenvalue weighted by Gasteiger charge is 2.32. The number of aliphatic hydroxyl groups excluding tert-OH is 5. The Kier molecular flexibility index (Phi) is 5.32. The molecule has 0 aliphatic carbocycles. The van der Waals surface area contributed by atoms with E-state index in [9.17, 15) is 25.4 Å². The molecule has 1 heterocycles. The van der Waals surface area contributed by atoms with Gasteiger partial charge in [0.25, 0.3) is 0 Å². The lowest BCUT2D eigenvalue weighted by Gasteiger charge is -2.27. The summed E-state index contributed by atoms with van der Waals surface area (Å²) < 4.78 is 1.05. The van der Waals surface area contributed by atoms with Gasteiger partial charge >= 0.3 is 5.82 Å². The third kappa shape index (κ3) is 3.45. The summed E-state index contributed by atoms with van der Waals surface area (Å²) >= 11 is 0. The van der Waals surface area contributed by atoms with Gasteiger partial charge in [0.05, 0.1) is 19.3 Å². The van der Waals surface area contributed by atoms with Crippen LogP contribution in [-0.4, -0.2) is 71.5 Å². The predicted octanol–water partition coefficient (Wildman–Crippen LogP) is -2.60. The number of hydrogen-bond donors (Lipinski definition) is 5. The number of aliphatic hydroxyl groups is 5. The number of aromatic nitrogens is 2. The molecule has 0 radical (unpaired) electrons. The van der Waals surface area contributed by atoms with Gasteiger partial charge in [-0.15, -0.1) is 0 Å². The maximum Gasteiger partial charge on any atom is 0.381 e. The van der Waals surface area contributed by atoms with Gasteiger partial charge in [-0.1, -0.05) is 0 Å². The van der Waals surface area contributed by atoms with Crippen molar-refractivity contribution < 1.29 is 30.5 Å². The normalized spacial score (nSPS) is 17.7.